The Morgan fingerprint density at radius 1 is 1.06 bits per heavy atom. The Kier molecular flexibility index (Phi) is 7.06. The van der Waals surface area contributed by atoms with Gasteiger partial charge < -0.3 is 9.05 Å². The zero-order valence-corrected chi connectivity index (χ0v) is 13.7. The minimum Gasteiger partial charge on any atom is -0.324 e. The summed E-state index contributed by atoms with van der Waals surface area (Å²) in [6.07, 6.45) is 0.777. The number of nitrogens with zero attached hydrogens (tertiary/aromatic N) is 2. The molecule has 0 aliphatic carbocycles. The highest BCUT2D eigenvalue weighted by atomic mass is 31.2. The average molecular weight is 266 g/mol. The van der Waals surface area contributed by atoms with E-state index in [4.69, 9.17) is 13.5 Å². The fraction of sp³-hybridized carbons (Fsp3) is 1.00. The summed E-state index contributed by atoms with van der Waals surface area (Å²) >= 11 is 0. The maximum Gasteiger partial charge on any atom is 0.217 e. The molecule has 0 bridgehead atoms. The quantitative estimate of drug-likeness (QED) is 0.523. The Morgan fingerprint density at radius 3 is 1.75 bits per heavy atom. The first-order chi connectivity index (χ1) is 7.24. The van der Waals surface area contributed by atoms with Gasteiger partial charge in [-0.1, -0.05) is 0 Å². The molecular formula is C10H27N2O2PSi. The molecule has 0 aliphatic heterocycles. The van der Waals surface area contributed by atoms with E-state index < -0.39 is 15.7 Å². The van der Waals surface area contributed by atoms with Crippen LogP contribution >= 0.6 is 7.51 Å². The van der Waals surface area contributed by atoms with Gasteiger partial charge in [0.15, 0.2) is 8.24 Å². The van der Waals surface area contributed by atoms with Crippen LogP contribution in [0.5, 0.6) is 0 Å². The molecule has 4 nitrogen and oxygen atoms in total. The number of rotatable bonds is 7. The lowest BCUT2D eigenvalue weighted by Crippen LogP contribution is -2.22. The van der Waals surface area contributed by atoms with Crippen LogP contribution in [0.2, 0.25) is 19.6 Å². The lowest BCUT2D eigenvalue weighted by Gasteiger charge is -2.29. The number of hydrogen-bond acceptors (Lipinski definition) is 4. The molecule has 16 heavy (non-hydrogen) atoms. The van der Waals surface area contributed by atoms with E-state index in [2.05, 4.69) is 24.5 Å². The second kappa shape index (κ2) is 6.92. The van der Waals surface area contributed by atoms with Crippen molar-refractivity contribution in [2.24, 2.45) is 4.41 Å². The SMILES string of the molecule is CCOP(CN(C)C)(=N[Si](C)(C)C)OCC. The molecule has 0 N–H and O–H groups in total. The first kappa shape index (κ1) is 16.3. The first-order valence-electron chi connectivity index (χ1n) is 5.81. The zero-order valence-electron chi connectivity index (χ0n) is 11.8. The Bertz CT molecular complexity index is 242. The van der Waals surface area contributed by atoms with Gasteiger partial charge in [-0.05, 0) is 47.6 Å². The van der Waals surface area contributed by atoms with Gasteiger partial charge in [-0.3, -0.25) is 9.31 Å². The smallest absolute Gasteiger partial charge is 0.217 e. The summed E-state index contributed by atoms with van der Waals surface area (Å²) in [4.78, 5) is 2.10. The molecule has 0 aliphatic rings. The molecule has 0 unspecified atom stereocenters. The predicted molar refractivity (Wildman–Crippen MR) is 74.5 cm³/mol. The first-order valence-corrected chi connectivity index (χ1v) is 11.0. The van der Waals surface area contributed by atoms with Crippen molar-refractivity contribution in [2.45, 2.75) is 33.5 Å². The van der Waals surface area contributed by atoms with Crippen molar-refractivity contribution in [2.75, 3.05) is 33.6 Å². The highest BCUT2D eigenvalue weighted by Crippen LogP contribution is 2.53. The maximum absolute atomic E-state index is 5.87. The molecule has 0 heterocycles. The highest BCUT2D eigenvalue weighted by molar-refractivity contribution is 7.57. The topological polar surface area (TPSA) is 34.1 Å². The van der Waals surface area contributed by atoms with Crippen molar-refractivity contribution in [3.8, 4) is 0 Å². The normalized spacial score (nSPS) is 13.2. The summed E-state index contributed by atoms with van der Waals surface area (Å²) < 4.78 is 16.7. The van der Waals surface area contributed by atoms with Crippen molar-refractivity contribution >= 4 is 15.7 Å². The summed E-state index contributed by atoms with van der Waals surface area (Å²) in [6.45, 7) is 12.0. The zero-order chi connectivity index (χ0) is 12.8. The Hall–Kier alpha value is 0.327. The van der Waals surface area contributed by atoms with Gasteiger partial charge in [0, 0.05) is 0 Å². The molecule has 0 fully saturated rings. The molecule has 0 aromatic heterocycles. The van der Waals surface area contributed by atoms with E-state index in [0.29, 0.717) is 13.2 Å². The van der Waals surface area contributed by atoms with E-state index in [-0.39, 0.29) is 0 Å². The van der Waals surface area contributed by atoms with Gasteiger partial charge in [-0.15, -0.1) is 0 Å². The van der Waals surface area contributed by atoms with Crippen LogP contribution in [0.3, 0.4) is 0 Å². The molecule has 0 spiro atoms. The predicted octanol–water partition coefficient (Wildman–Crippen LogP) is 3.44. The molecule has 98 valence electrons. The van der Waals surface area contributed by atoms with Crippen LogP contribution < -0.4 is 0 Å². The summed E-state index contributed by atoms with van der Waals surface area (Å²) in [5.41, 5.74) is 0. The Balaban J connectivity index is 5.15. The molecule has 0 saturated carbocycles. The van der Waals surface area contributed by atoms with Gasteiger partial charge in [-0.2, -0.15) is 0 Å². The summed E-state index contributed by atoms with van der Waals surface area (Å²) in [7, 11) is 0.471. The minimum atomic E-state index is -2.06. The van der Waals surface area contributed by atoms with Crippen molar-refractivity contribution in [3.63, 3.8) is 0 Å². The Labute approximate surface area is 102 Å². The second-order valence-corrected chi connectivity index (χ2v) is 12.2. The van der Waals surface area contributed by atoms with Gasteiger partial charge in [-0.25, -0.2) is 0 Å². The lowest BCUT2D eigenvalue weighted by molar-refractivity contribution is 0.246. The third kappa shape index (κ3) is 6.81. The van der Waals surface area contributed by atoms with Gasteiger partial charge >= 0.3 is 0 Å². The third-order valence-electron chi connectivity index (χ3n) is 1.58. The van der Waals surface area contributed by atoms with E-state index in [0.717, 1.165) is 6.29 Å². The van der Waals surface area contributed by atoms with E-state index in [9.17, 15) is 0 Å². The van der Waals surface area contributed by atoms with Gasteiger partial charge in [0.05, 0.1) is 19.5 Å². The fourth-order valence-corrected chi connectivity index (χ4v) is 7.56. The minimum absolute atomic E-state index is 0.662. The molecule has 6 heteroatoms. The van der Waals surface area contributed by atoms with E-state index in [1.807, 2.05) is 27.9 Å². The molecule has 0 rings (SSSR count). The number of hydrogen-bond donors (Lipinski definition) is 0. The van der Waals surface area contributed by atoms with Gasteiger partial charge in [0.25, 0.3) is 0 Å². The monoisotopic (exact) mass is 266 g/mol. The van der Waals surface area contributed by atoms with Crippen molar-refractivity contribution < 1.29 is 9.05 Å². The third-order valence-corrected chi connectivity index (χ3v) is 7.44. The Morgan fingerprint density at radius 2 is 1.50 bits per heavy atom. The molecule has 0 aromatic rings. The molecular weight excluding hydrogens is 239 g/mol. The van der Waals surface area contributed by atoms with Crippen LogP contribution in [0, 0.1) is 0 Å². The van der Waals surface area contributed by atoms with Crippen LogP contribution in [0.1, 0.15) is 13.8 Å². The van der Waals surface area contributed by atoms with Crippen molar-refractivity contribution in [3.05, 3.63) is 0 Å². The van der Waals surface area contributed by atoms with Gasteiger partial charge in [0.1, 0.15) is 0 Å². The average Bonchev–Trinajstić information content (AvgIpc) is 1.98. The maximum atomic E-state index is 5.87. The molecule has 0 aromatic carbocycles. The van der Waals surface area contributed by atoms with Crippen LogP contribution in [0.15, 0.2) is 4.41 Å². The second-order valence-electron chi connectivity index (χ2n) is 4.96. The van der Waals surface area contributed by atoms with Gasteiger partial charge in [0.2, 0.25) is 7.51 Å². The van der Waals surface area contributed by atoms with E-state index in [1.54, 1.807) is 0 Å². The summed E-state index contributed by atoms with van der Waals surface area (Å²) in [5.74, 6) is 0. The summed E-state index contributed by atoms with van der Waals surface area (Å²) in [6, 6.07) is 0. The standard InChI is InChI=1S/C10H27N2O2PSi/c1-8-13-15(14-9-2,10-12(3)4)11-16(5,6)7/h8-10H2,1-7H3. The fourth-order valence-electron chi connectivity index (χ4n) is 1.43. The lowest BCUT2D eigenvalue weighted by atomic mass is 10.9. The van der Waals surface area contributed by atoms with Crippen LogP contribution in [0.4, 0.5) is 0 Å². The van der Waals surface area contributed by atoms with E-state index in [1.165, 1.54) is 0 Å². The van der Waals surface area contributed by atoms with Crippen LogP contribution in [-0.4, -0.2) is 46.7 Å². The molecule has 0 amide bonds. The van der Waals surface area contributed by atoms with Crippen molar-refractivity contribution in [1.29, 1.82) is 0 Å². The van der Waals surface area contributed by atoms with Crippen LogP contribution in [0.25, 0.3) is 0 Å². The largest absolute Gasteiger partial charge is 0.324 e. The highest BCUT2D eigenvalue weighted by Gasteiger charge is 2.26. The van der Waals surface area contributed by atoms with Crippen molar-refractivity contribution in [1.82, 2.24) is 4.90 Å². The summed E-state index contributed by atoms with van der Waals surface area (Å²) in [5, 5.41) is 0. The molecule has 0 saturated heterocycles. The van der Waals surface area contributed by atoms with Crippen LogP contribution in [-0.2, 0) is 9.05 Å². The molecule has 0 atom stereocenters. The molecule has 0 radical (unpaired) electrons. The van der Waals surface area contributed by atoms with E-state index >= 15 is 0 Å².